The third-order valence-corrected chi connectivity index (χ3v) is 3.30. The van der Waals surface area contributed by atoms with Gasteiger partial charge in [-0.3, -0.25) is 4.79 Å². The molecule has 1 amide bonds. The Morgan fingerprint density at radius 1 is 1.28 bits per heavy atom. The lowest BCUT2D eigenvalue weighted by Gasteiger charge is -2.22. The van der Waals surface area contributed by atoms with Gasteiger partial charge in [0.15, 0.2) is 0 Å². The minimum atomic E-state index is -4.69. The smallest absolute Gasteiger partial charge is 0.366 e. The van der Waals surface area contributed by atoms with Crippen molar-refractivity contribution in [2.45, 2.75) is 12.3 Å². The summed E-state index contributed by atoms with van der Waals surface area (Å²) >= 11 is 0. The van der Waals surface area contributed by atoms with Crippen LogP contribution in [0.5, 0.6) is 0 Å². The Hall–Kier alpha value is -2.17. The van der Waals surface area contributed by atoms with Crippen LogP contribution >= 0.6 is 12.4 Å². The summed E-state index contributed by atoms with van der Waals surface area (Å²) in [6.07, 6.45) is -5.27. The van der Waals surface area contributed by atoms with Crippen molar-refractivity contribution in [3.05, 3.63) is 30.2 Å². The van der Waals surface area contributed by atoms with E-state index in [0.717, 1.165) is 0 Å². The third-order valence-electron chi connectivity index (χ3n) is 3.30. The van der Waals surface area contributed by atoms with Crippen molar-refractivity contribution in [1.82, 2.24) is 15.5 Å². The summed E-state index contributed by atoms with van der Waals surface area (Å²) in [6.45, 7) is 1.58. The molecule has 0 saturated carbocycles. The molecular weight excluding hydrogens is 365 g/mol. The number of hydrogen-bond acceptors (Lipinski definition) is 6. The number of carbonyl (C=O) groups is 1. The molecular formula is C14H14ClF3N4O3. The molecule has 1 fully saturated rings. The molecule has 0 spiro atoms. The number of amides is 1. The van der Waals surface area contributed by atoms with Crippen LogP contribution in [0.2, 0.25) is 0 Å². The first-order valence-electron chi connectivity index (χ1n) is 7.08. The normalized spacial score (nSPS) is 17.6. The van der Waals surface area contributed by atoms with E-state index in [4.69, 9.17) is 4.74 Å². The highest BCUT2D eigenvalue weighted by Gasteiger charge is 2.38. The first kappa shape index (κ1) is 19.2. The fraction of sp³-hybridized carbons (Fsp3) is 0.357. The molecule has 3 rings (SSSR count). The number of ether oxygens (including phenoxy) is 1. The maximum Gasteiger partial charge on any atom is 0.471 e. The number of morpholine rings is 1. The van der Waals surface area contributed by atoms with Gasteiger partial charge in [-0.25, -0.2) is 0 Å². The quantitative estimate of drug-likeness (QED) is 0.850. The van der Waals surface area contributed by atoms with Crippen molar-refractivity contribution < 1.29 is 27.2 Å². The molecule has 1 saturated heterocycles. The molecule has 25 heavy (non-hydrogen) atoms. The van der Waals surface area contributed by atoms with E-state index in [-0.39, 0.29) is 24.1 Å². The minimum Gasteiger partial charge on any atom is -0.366 e. The molecule has 11 heteroatoms. The number of nitrogens with zero attached hydrogens (tertiary/aromatic N) is 2. The zero-order valence-corrected chi connectivity index (χ0v) is 13.5. The number of anilines is 1. The predicted molar refractivity (Wildman–Crippen MR) is 83.2 cm³/mol. The number of aromatic nitrogens is 2. The summed E-state index contributed by atoms with van der Waals surface area (Å²) in [7, 11) is 0. The standard InChI is InChI=1S/C14H13F3N4O3.ClH/c15-14(16,17)13-20-11(21-24-13)8-1-3-9(4-2-8)19-12(22)10-7-18-5-6-23-10;/h1-4,10,18H,5-7H2,(H,19,22);1H. The Bertz CT molecular complexity index is 715. The summed E-state index contributed by atoms with van der Waals surface area (Å²) in [4.78, 5) is 15.3. The second-order valence-electron chi connectivity index (χ2n) is 5.05. The molecule has 2 aromatic rings. The van der Waals surface area contributed by atoms with Crippen LogP contribution in [0.1, 0.15) is 5.89 Å². The molecule has 7 nitrogen and oxygen atoms in total. The Labute approximate surface area is 146 Å². The van der Waals surface area contributed by atoms with Gasteiger partial charge in [0.25, 0.3) is 5.91 Å². The van der Waals surface area contributed by atoms with Gasteiger partial charge in [0.1, 0.15) is 6.10 Å². The lowest BCUT2D eigenvalue weighted by atomic mass is 10.2. The van der Waals surface area contributed by atoms with Crippen LogP contribution in [-0.4, -0.2) is 41.8 Å². The van der Waals surface area contributed by atoms with E-state index >= 15 is 0 Å². The number of halogens is 4. The molecule has 2 heterocycles. The second kappa shape index (κ2) is 7.81. The van der Waals surface area contributed by atoms with E-state index in [1.165, 1.54) is 24.3 Å². The zero-order chi connectivity index (χ0) is 17.2. The van der Waals surface area contributed by atoms with Crippen LogP contribution < -0.4 is 10.6 Å². The molecule has 0 bridgehead atoms. The highest BCUT2D eigenvalue weighted by molar-refractivity contribution is 5.94. The topological polar surface area (TPSA) is 89.3 Å². The number of hydrogen-bond donors (Lipinski definition) is 2. The van der Waals surface area contributed by atoms with Crippen molar-refractivity contribution in [3.63, 3.8) is 0 Å². The number of nitrogens with one attached hydrogen (secondary N) is 2. The molecule has 1 aliphatic rings. The van der Waals surface area contributed by atoms with Crippen LogP contribution in [-0.2, 0) is 15.7 Å². The molecule has 2 N–H and O–H groups in total. The number of carbonyl (C=O) groups excluding carboxylic acids is 1. The van der Waals surface area contributed by atoms with Crippen molar-refractivity contribution in [2.24, 2.45) is 0 Å². The first-order chi connectivity index (χ1) is 11.4. The summed E-state index contributed by atoms with van der Waals surface area (Å²) in [5, 5.41) is 9.01. The number of rotatable bonds is 3. The molecule has 0 aliphatic carbocycles. The summed E-state index contributed by atoms with van der Waals surface area (Å²) in [5.74, 6) is -1.88. The van der Waals surface area contributed by atoms with E-state index in [1.54, 1.807) is 0 Å². The fourth-order valence-corrected chi connectivity index (χ4v) is 2.12. The van der Waals surface area contributed by atoms with E-state index in [9.17, 15) is 18.0 Å². The predicted octanol–water partition coefficient (Wildman–Crippen LogP) is 2.10. The van der Waals surface area contributed by atoms with Crippen molar-refractivity contribution in [2.75, 3.05) is 25.0 Å². The summed E-state index contributed by atoms with van der Waals surface area (Å²) in [5.41, 5.74) is 0.820. The van der Waals surface area contributed by atoms with Crippen molar-refractivity contribution >= 4 is 24.0 Å². The minimum absolute atomic E-state index is 0. The zero-order valence-electron chi connectivity index (χ0n) is 12.7. The van der Waals surface area contributed by atoms with Crippen molar-refractivity contribution in [3.8, 4) is 11.4 Å². The third kappa shape index (κ3) is 4.68. The second-order valence-corrected chi connectivity index (χ2v) is 5.05. The monoisotopic (exact) mass is 378 g/mol. The van der Waals surface area contributed by atoms with E-state index in [1.807, 2.05) is 0 Å². The molecule has 0 radical (unpaired) electrons. The molecule has 1 atom stereocenters. The Balaban J connectivity index is 0.00000225. The Kier molecular flexibility index (Phi) is 5.98. The Morgan fingerprint density at radius 2 is 2.00 bits per heavy atom. The maximum absolute atomic E-state index is 12.4. The van der Waals surface area contributed by atoms with E-state index in [0.29, 0.717) is 30.9 Å². The average Bonchev–Trinajstić information content (AvgIpc) is 3.07. The molecule has 136 valence electrons. The van der Waals surface area contributed by atoms with Crippen LogP contribution in [0, 0.1) is 0 Å². The van der Waals surface area contributed by atoms with Gasteiger partial charge < -0.3 is 19.9 Å². The highest BCUT2D eigenvalue weighted by Crippen LogP contribution is 2.29. The number of alkyl halides is 3. The van der Waals surface area contributed by atoms with Gasteiger partial charge in [0.05, 0.1) is 6.61 Å². The number of benzene rings is 1. The van der Waals surface area contributed by atoms with Crippen molar-refractivity contribution in [1.29, 1.82) is 0 Å². The molecule has 1 aromatic heterocycles. The van der Waals surface area contributed by atoms with E-state index in [2.05, 4.69) is 25.3 Å². The van der Waals surface area contributed by atoms with Gasteiger partial charge in [0, 0.05) is 24.3 Å². The largest absolute Gasteiger partial charge is 0.471 e. The van der Waals surface area contributed by atoms with E-state index < -0.39 is 18.2 Å². The molecule has 1 aromatic carbocycles. The summed E-state index contributed by atoms with van der Waals surface area (Å²) in [6, 6.07) is 6.04. The van der Waals surface area contributed by atoms with Gasteiger partial charge in [0.2, 0.25) is 5.82 Å². The highest BCUT2D eigenvalue weighted by atomic mass is 35.5. The maximum atomic E-state index is 12.4. The Morgan fingerprint density at radius 3 is 2.56 bits per heavy atom. The van der Waals surface area contributed by atoms with Gasteiger partial charge in [-0.15, -0.1) is 12.4 Å². The van der Waals surface area contributed by atoms with Crippen LogP contribution in [0.3, 0.4) is 0 Å². The fourth-order valence-electron chi connectivity index (χ4n) is 2.12. The van der Waals surface area contributed by atoms with Crippen LogP contribution in [0.15, 0.2) is 28.8 Å². The van der Waals surface area contributed by atoms with Gasteiger partial charge in [-0.1, -0.05) is 5.16 Å². The van der Waals surface area contributed by atoms with Gasteiger partial charge in [-0.2, -0.15) is 18.2 Å². The first-order valence-corrected chi connectivity index (χ1v) is 7.08. The van der Waals surface area contributed by atoms with Gasteiger partial charge >= 0.3 is 12.1 Å². The SMILES string of the molecule is Cl.O=C(Nc1ccc(-c2noc(C(F)(F)F)n2)cc1)C1CNCCO1. The van der Waals surface area contributed by atoms with Crippen LogP contribution in [0.4, 0.5) is 18.9 Å². The van der Waals surface area contributed by atoms with Gasteiger partial charge in [-0.05, 0) is 24.3 Å². The lowest BCUT2D eigenvalue weighted by molar-refractivity contribution is -0.159. The van der Waals surface area contributed by atoms with Crippen LogP contribution in [0.25, 0.3) is 11.4 Å². The summed E-state index contributed by atoms with van der Waals surface area (Å²) < 4.78 is 46.8. The lowest BCUT2D eigenvalue weighted by Crippen LogP contribution is -2.45. The molecule has 1 unspecified atom stereocenters. The average molecular weight is 379 g/mol. The molecule has 1 aliphatic heterocycles.